The zero-order valence-electron chi connectivity index (χ0n) is 13.9. The van der Waals surface area contributed by atoms with Crippen LogP contribution in [0.1, 0.15) is 23.3 Å². The number of aromatic nitrogens is 2. The van der Waals surface area contributed by atoms with Crippen LogP contribution in [0.5, 0.6) is 5.75 Å². The number of hydrogen-bond acceptors (Lipinski definition) is 4. The van der Waals surface area contributed by atoms with Gasteiger partial charge in [-0.1, -0.05) is 12.1 Å². The highest BCUT2D eigenvalue weighted by Gasteiger charge is 2.33. The lowest BCUT2D eigenvalue weighted by Gasteiger charge is -2.30. The third-order valence-electron chi connectivity index (χ3n) is 5.09. The molecule has 5 rings (SSSR count). The number of aromatic amines is 1. The van der Waals surface area contributed by atoms with Crippen molar-refractivity contribution in [3.05, 3.63) is 36.0 Å². The summed E-state index contributed by atoms with van der Waals surface area (Å²) in [7, 11) is 1.64. The molecule has 126 valence electrons. The number of methoxy groups -OCH3 is 1. The molecule has 24 heavy (non-hydrogen) atoms. The number of ether oxygens (including phenoxy) is 1. The maximum absolute atomic E-state index is 12.9. The van der Waals surface area contributed by atoms with Crippen LogP contribution in [0.3, 0.4) is 0 Å². The molecule has 1 N–H and O–H groups in total. The van der Waals surface area contributed by atoms with Gasteiger partial charge in [-0.25, -0.2) is 0 Å². The van der Waals surface area contributed by atoms with E-state index in [0.29, 0.717) is 11.7 Å². The molecule has 0 unspecified atom stereocenters. The van der Waals surface area contributed by atoms with Crippen molar-refractivity contribution in [2.24, 2.45) is 0 Å². The van der Waals surface area contributed by atoms with Crippen LogP contribution in [0.2, 0.25) is 0 Å². The van der Waals surface area contributed by atoms with E-state index in [4.69, 9.17) is 4.74 Å². The number of benzene rings is 1. The van der Waals surface area contributed by atoms with E-state index in [1.807, 2.05) is 35.2 Å². The fraction of sp³-hybridized carbons (Fsp3) is 0.444. The highest BCUT2D eigenvalue weighted by atomic mass is 16.5. The molecule has 3 saturated heterocycles. The summed E-state index contributed by atoms with van der Waals surface area (Å²) in [5, 5.41) is 7.25. The van der Waals surface area contributed by atoms with E-state index in [2.05, 4.69) is 15.1 Å². The minimum Gasteiger partial charge on any atom is -0.497 e. The molecule has 2 bridgehead atoms. The first-order valence-electron chi connectivity index (χ1n) is 8.48. The number of rotatable bonds is 3. The van der Waals surface area contributed by atoms with Gasteiger partial charge in [0.1, 0.15) is 5.75 Å². The van der Waals surface area contributed by atoms with E-state index in [1.165, 1.54) is 0 Å². The zero-order valence-corrected chi connectivity index (χ0v) is 13.9. The maximum Gasteiger partial charge on any atom is 0.274 e. The van der Waals surface area contributed by atoms with E-state index >= 15 is 0 Å². The Morgan fingerprint density at radius 1 is 1.21 bits per heavy atom. The molecule has 3 fully saturated rings. The molecule has 0 radical (unpaired) electrons. The lowest BCUT2D eigenvalue weighted by Crippen LogP contribution is -2.41. The van der Waals surface area contributed by atoms with Crippen LogP contribution < -0.4 is 4.74 Å². The van der Waals surface area contributed by atoms with Gasteiger partial charge in [0.2, 0.25) is 0 Å². The number of carbonyl (C=O) groups excluding carboxylic acids is 1. The molecule has 3 aliphatic heterocycles. The number of fused-ring (bicyclic) bond motifs is 4. The Bertz CT molecular complexity index is 734. The van der Waals surface area contributed by atoms with Crippen LogP contribution in [-0.4, -0.2) is 65.2 Å². The highest BCUT2D eigenvalue weighted by Crippen LogP contribution is 2.25. The molecule has 2 aromatic rings. The van der Waals surface area contributed by atoms with Gasteiger partial charge in [-0.05, 0) is 31.0 Å². The zero-order chi connectivity index (χ0) is 16.5. The summed E-state index contributed by atoms with van der Waals surface area (Å²) in [6.45, 7) is 3.97. The first kappa shape index (κ1) is 15.2. The fourth-order valence-corrected chi connectivity index (χ4v) is 3.67. The summed E-state index contributed by atoms with van der Waals surface area (Å²) in [6, 6.07) is 9.93. The van der Waals surface area contributed by atoms with E-state index in [-0.39, 0.29) is 5.91 Å². The van der Waals surface area contributed by atoms with E-state index < -0.39 is 0 Å². The van der Waals surface area contributed by atoms with E-state index in [1.54, 1.807) is 7.11 Å². The molecule has 0 saturated carbocycles. The average Bonchev–Trinajstić information content (AvgIpc) is 2.94. The van der Waals surface area contributed by atoms with E-state index in [9.17, 15) is 4.79 Å². The second-order valence-corrected chi connectivity index (χ2v) is 6.47. The molecular weight excluding hydrogens is 304 g/mol. The summed E-state index contributed by atoms with van der Waals surface area (Å²) >= 11 is 0. The maximum atomic E-state index is 12.9. The fourth-order valence-electron chi connectivity index (χ4n) is 3.67. The Balaban J connectivity index is 1.56. The molecule has 0 atom stereocenters. The number of H-pyrrole nitrogens is 1. The van der Waals surface area contributed by atoms with Crippen molar-refractivity contribution in [2.45, 2.75) is 18.9 Å². The number of piperidine rings is 1. The van der Waals surface area contributed by atoms with Gasteiger partial charge in [0.05, 0.1) is 12.8 Å². The summed E-state index contributed by atoms with van der Waals surface area (Å²) < 4.78 is 5.26. The molecular formula is C18H22N4O2. The second-order valence-electron chi connectivity index (χ2n) is 6.47. The van der Waals surface area contributed by atoms with Gasteiger partial charge in [-0.3, -0.25) is 9.89 Å². The third-order valence-corrected chi connectivity index (χ3v) is 5.09. The molecule has 1 amide bonds. The monoisotopic (exact) mass is 326 g/mol. The van der Waals surface area contributed by atoms with Crippen molar-refractivity contribution in [2.75, 3.05) is 33.3 Å². The number of carbonyl (C=O) groups is 1. The summed E-state index contributed by atoms with van der Waals surface area (Å²) in [5.74, 6) is 0.822. The van der Waals surface area contributed by atoms with Gasteiger partial charge in [-0.2, -0.15) is 5.10 Å². The summed E-state index contributed by atoms with van der Waals surface area (Å²) in [5.41, 5.74) is 2.29. The van der Waals surface area contributed by atoms with Crippen LogP contribution >= 0.6 is 0 Å². The lowest BCUT2D eigenvalue weighted by molar-refractivity contribution is 0.0679. The Hall–Kier alpha value is -2.34. The van der Waals surface area contributed by atoms with Gasteiger partial charge in [0, 0.05) is 37.8 Å². The average molecular weight is 326 g/mol. The van der Waals surface area contributed by atoms with Crippen molar-refractivity contribution < 1.29 is 9.53 Å². The predicted octanol–water partition coefficient (Wildman–Crippen LogP) is 2.01. The van der Waals surface area contributed by atoms with Crippen LogP contribution in [0.15, 0.2) is 30.3 Å². The van der Waals surface area contributed by atoms with Crippen molar-refractivity contribution in [3.8, 4) is 17.0 Å². The predicted molar refractivity (Wildman–Crippen MR) is 91.1 cm³/mol. The topological polar surface area (TPSA) is 61.5 Å². The smallest absolute Gasteiger partial charge is 0.274 e. The highest BCUT2D eigenvalue weighted by molar-refractivity contribution is 5.93. The van der Waals surface area contributed by atoms with Gasteiger partial charge < -0.3 is 14.5 Å². The Kier molecular flexibility index (Phi) is 3.98. The van der Waals surface area contributed by atoms with Gasteiger partial charge in [-0.15, -0.1) is 0 Å². The number of nitrogens with one attached hydrogen (secondary N) is 1. The van der Waals surface area contributed by atoms with Crippen molar-refractivity contribution in [1.82, 2.24) is 20.0 Å². The Morgan fingerprint density at radius 3 is 2.83 bits per heavy atom. The molecule has 0 spiro atoms. The minimum atomic E-state index is 0.0362. The molecule has 0 aliphatic carbocycles. The first-order chi connectivity index (χ1) is 11.7. The Labute approximate surface area is 141 Å². The van der Waals surface area contributed by atoms with Crippen LogP contribution in [0.25, 0.3) is 11.3 Å². The van der Waals surface area contributed by atoms with Crippen molar-refractivity contribution in [1.29, 1.82) is 0 Å². The molecule has 6 nitrogen and oxygen atoms in total. The van der Waals surface area contributed by atoms with Crippen molar-refractivity contribution in [3.63, 3.8) is 0 Å². The van der Waals surface area contributed by atoms with Crippen molar-refractivity contribution >= 4 is 5.91 Å². The first-order valence-corrected chi connectivity index (χ1v) is 8.48. The standard InChI is InChI=1S/C18H22N4O2/c1-24-15-4-2-3-13(11-15)16-12-17(20-19-16)18(23)22-10-9-21-7-5-14(22)6-8-21/h2-4,11-12,14H,5-10H2,1H3,(H,19,20). The normalized spacial score (nSPS) is 23.1. The van der Waals surface area contributed by atoms with E-state index in [0.717, 1.165) is 56.0 Å². The number of nitrogens with zero attached hydrogens (tertiary/aromatic N) is 3. The number of hydrogen-bond donors (Lipinski definition) is 1. The molecule has 1 aromatic carbocycles. The van der Waals surface area contributed by atoms with Crippen LogP contribution in [0, 0.1) is 0 Å². The second kappa shape index (κ2) is 6.28. The molecule has 3 aliphatic rings. The summed E-state index contributed by atoms with van der Waals surface area (Å²) in [6.07, 6.45) is 2.14. The third kappa shape index (κ3) is 2.78. The Morgan fingerprint density at radius 2 is 2.04 bits per heavy atom. The van der Waals surface area contributed by atoms with Crippen LogP contribution in [0.4, 0.5) is 0 Å². The molecule has 6 heteroatoms. The summed E-state index contributed by atoms with van der Waals surface area (Å²) in [4.78, 5) is 17.4. The lowest BCUT2D eigenvalue weighted by atomic mass is 10.0. The van der Waals surface area contributed by atoms with Gasteiger partial charge in [0.15, 0.2) is 5.69 Å². The minimum absolute atomic E-state index is 0.0362. The van der Waals surface area contributed by atoms with Gasteiger partial charge >= 0.3 is 0 Å². The quantitative estimate of drug-likeness (QED) is 0.937. The largest absolute Gasteiger partial charge is 0.497 e. The SMILES string of the molecule is COc1cccc(-c2cc(C(=O)N3CCN4CCC3CC4)n[nH]2)c1. The number of amides is 1. The molecule has 1 aromatic heterocycles. The van der Waals surface area contributed by atoms with Gasteiger partial charge in [0.25, 0.3) is 5.91 Å². The van der Waals surface area contributed by atoms with Crippen LogP contribution in [-0.2, 0) is 0 Å². The molecule has 4 heterocycles.